The Balaban J connectivity index is 2.36. The van der Waals surface area contributed by atoms with Gasteiger partial charge >= 0.3 is 0 Å². The fourth-order valence-corrected chi connectivity index (χ4v) is 5.22. The second kappa shape index (κ2) is 11.0. The fourth-order valence-electron chi connectivity index (χ4n) is 3.75. The number of carbonyl (C=O) groups is 1. The number of hydrogen-bond donors (Lipinski definition) is 0. The van der Waals surface area contributed by atoms with E-state index < -0.39 is 14.1 Å². The van der Waals surface area contributed by atoms with Gasteiger partial charge in [0.05, 0.1) is 11.7 Å². The number of aromatic nitrogens is 1. The number of piperidine rings is 1. The molecule has 1 aromatic heterocycles. The zero-order valence-corrected chi connectivity index (χ0v) is 22.6. The van der Waals surface area contributed by atoms with Crippen LogP contribution in [0.4, 0.5) is 10.2 Å². The average Bonchev–Trinajstić information content (AvgIpc) is 2.73. The summed E-state index contributed by atoms with van der Waals surface area (Å²) >= 11 is 0. The number of aldehydes is 1. The van der Waals surface area contributed by atoms with Crippen LogP contribution in [-0.4, -0.2) is 38.8 Å². The molecule has 1 unspecified atom stereocenters. The van der Waals surface area contributed by atoms with Crippen LogP contribution < -0.4 is 4.90 Å². The van der Waals surface area contributed by atoms with E-state index in [9.17, 15) is 9.18 Å². The molecule has 0 amide bonds. The van der Waals surface area contributed by atoms with Gasteiger partial charge in [-0.3, -0.25) is 4.79 Å². The van der Waals surface area contributed by atoms with Crippen LogP contribution in [0.1, 0.15) is 82.8 Å². The summed E-state index contributed by atoms with van der Waals surface area (Å²) in [7, 11) is -2.02. The Labute approximate surface area is 201 Å². The molecule has 1 fully saturated rings. The largest absolute Gasteiger partial charge is 0.412 e. The minimum absolute atomic E-state index is 0.0789. The fraction of sp³-hybridized carbons (Fsp3) is 0.630. The van der Waals surface area contributed by atoms with Crippen molar-refractivity contribution in [2.75, 3.05) is 18.0 Å². The smallest absolute Gasteiger partial charge is 0.192 e. The first-order valence-electron chi connectivity index (χ1n) is 12.0. The first-order chi connectivity index (χ1) is 15.3. The van der Waals surface area contributed by atoms with Crippen molar-refractivity contribution in [3.8, 4) is 11.8 Å². The lowest BCUT2D eigenvalue weighted by Gasteiger charge is -2.43. The molecule has 2 heterocycles. The first kappa shape index (κ1) is 27.3. The molecule has 1 saturated heterocycles. The monoisotopic (exact) mass is 472 g/mol. The Morgan fingerprint density at radius 2 is 1.88 bits per heavy atom. The lowest BCUT2D eigenvalue weighted by molar-refractivity contribution is 0.0662. The molecule has 1 aliphatic rings. The van der Waals surface area contributed by atoms with E-state index in [1.165, 1.54) is 6.07 Å². The van der Waals surface area contributed by atoms with Gasteiger partial charge in [0.25, 0.3) is 0 Å². The second-order valence-corrected chi connectivity index (χ2v) is 16.0. The van der Waals surface area contributed by atoms with Crippen LogP contribution in [-0.2, 0) is 4.43 Å². The molecule has 4 nitrogen and oxygen atoms in total. The Hall–Kier alpha value is -1.97. The molecule has 1 atom stereocenters. The zero-order valence-electron chi connectivity index (χ0n) is 21.6. The van der Waals surface area contributed by atoms with Crippen molar-refractivity contribution in [1.82, 2.24) is 4.98 Å². The number of nitrogens with zero attached hydrogens (tertiary/aromatic N) is 2. The maximum absolute atomic E-state index is 14.7. The molecule has 0 radical (unpaired) electrons. The number of hydrogen-bond acceptors (Lipinski definition) is 4. The van der Waals surface area contributed by atoms with Gasteiger partial charge in [-0.1, -0.05) is 46.6 Å². The van der Waals surface area contributed by atoms with Crippen LogP contribution in [0, 0.1) is 23.1 Å². The standard InChI is InChI=1S/C27H41FN2O2Si/c1-9-16-27(5,6)24(32-33(7,8)26(2,3)4)15-13-14-23-21(20-31)19-22(28)25(29-23)30-17-11-10-12-18-30/h9,19-20,24H,1,10-12,15-18H2,2-8H3. The van der Waals surface area contributed by atoms with Gasteiger partial charge in [0.15, 0.2) is 26.2 Å². The van der Waals surface area contributed by atoms with Gasteiger partial charge in [-0.25, -0.2) is 9.37 Å². The third-order valence-electron chi connectivity index (χ3n) is 7.05. The molecule has 0 aliphatic carbocycles. The molecular formula is C27H41FN2O2Si. The quantitative estimate of drug-likeness (QED) is 0.181. The van der Waals surface area contributed by atoms with Gasteiger partial charge in [-0.2, -0.15) is 0 Å². The normalized spacial score (nSPS) is 16.1. The highest BCUT2D eigenvalue weighted by Gasteiger charge is 2.42. The van der Waals surface area contributed by atoms with Gasteiger partial charge in [0.2, 0.25) is 0 Å². The van der Waals surface area contributed by atoms with Gasteiger partial charge in [-0.05, 0) is 61.2 Å². The van der Waals surface area contributed by atoms with E-state index in [-0.39, 0.29) is 22.1 Å². The third-order valence-corrected chi connectivity index (χ3v) is 11.5. The highest BCUT2D eigenvalue weighted by Crippen LogP contribution is 2.41. The minimum Gasteiger partial charge on any atom is -0.412 e. The van der Waals surface area contributed by atoms with Gasteiger partial charge in [0.1, 0.15) is 5.69 Å². The summed E-state index contributed by atoms with van der Waals surface area (Å²) in [4.78, 5) is 18.0. The Morgan fingerprint density at radius 3 is 2.42 bits per heavy atom. The topological polar surface area (TPSA) is 42.4 Å². The van der Waals surface area contributed by atoms with E-state index in [4.69, 9.17) is 4.43 Å². The lowest BCUT2D eigenvalue weighted by Crippen LogP contribution is -2.47. The molecule has 1 aliphatic heterocycles. The lowest BCUT2D eigenvalue weighted by atomic mass is 9.82. The van der Waals surface area contributed by atoms with E-state index in [1.54, 1.807) is 0 Å². The van der Waals surface area contributed by atoms with Crippen LogP contribution in [0.3, 0.4) is 0 Å². The number of rotatable bonds is 8. The molecule has 0 N–H and O–H groups in total. The molecule has 0 aromatic carbocycles. The highest BCUT2D eigenvalue weighted by molar-refractivity contribution is 6.74. The number of carbonyl (C=O) groups excluding carboxylic acids is 1. The van der Waals surface area contributed by atoms with Crippen molar-refractivity contribution in [2.24, 2.45) is 5.41 Å². The van der Waals surface area contributed by atoms with E-state index >= 15 is 0 Å². The molecule has 0 spiro atoms. The first-order valence-corrected chi connectivity index (χ1v) is 14.9. The Bertz CT molecular complexity index is 903. The van der Waals surface area contributed by atoms with E-state index in [0.29, 0.717) is 24.2 Å². The molecular weight excluding hydrogens is 431 g/mol. The Morgan fingerprint density at radius 1 is 1.24 bits per heavy atom. The van der Waals surface area contributed by atoms with Gasteiger partial charge in [0, 0.05) is 19.5 Å². The summed E-state index contributed by atoms with van der Waals surface area (Å²) in [5, 5.41) is 0.0789. The zero-order chi connectivity index (χ0) is 24.9. The average molecular weight is 473 g/mol. The van der Waals surface area contributed by atoms with Crippen molar-refractivity contribution in [2.45, 2.75) is 91.0 Å². The maximum Gasteiger partial charge on any atom is 0.192 e. The van der Waals surface area contributed by atoms with Crippen LogP contribution in [0.15, 0.2) is 18.7 Å². The van der Waals surface area contributed by atoms with Crippen LogP contribution in [0.2, 0.25) is 18.1 Å². The molecule has 2 rings (SSSR count). The van der Waals surface area contributed by atoms with Crippen LogP contribution in [0.25, 0.3) is 0 Å². The summed E-state index contributed by atoms with van der Waals surface area (Å²) in [6, 6.07) is 1.26. The van der Waals surface area contributed by atoms with Gasteiger partial charge in [-0.15, -0.1) is 6.58 Å². The van der Waals surface area contributed by atoms with Crippen LogP contribution in [0.5, 0.6) is 0 Å². The summed E-state index contributed by atoms with van der Waals surface area (Å²) in [5.41, 5.74) is 0.377. The molecule has 1 aromatic rings. The third kappa shape index (κ3) is 7.00. The van der Waals surface area contributed by atoms with Crippen molar-refractivity contribution in [3.63, 3.8) is 0 Å². The number of allylic oxidation sites excluding steroid dienone is 1. The van der Waals surface area contributed by atoms with E-state index in [0.717, 1.165) is 38.8 Å². The number of pyridine rings is 1. The second-order valence-electron chi connectivity index (χ2n) is 11.3. The maximum atomic E-state index is 14.7. The van der Waals surface area contributed by atoms with Gasteiger partial charge < -0.3 is 9.33 Å². The van der Waals surface area contributed by atoms with Crippen molar-refractivity contribution in [3.05, 3.63) is 35.8 Å². The molecule has 33 heavy (non-hydrogen) atoms. The SMILES string of the molecule is C=CCC(C)(C)C(CC#Cc1nc(N2CCCCC2)c(F)cc1C=O)O[Si](C)(C)C(C)(C)C. The van der Waals surface area contributed by atoms with E-state index in [2.05, 4.69) is 71.1 Å². The summed E-state index contributed by atoms with van der Waals surface area (Å²) in [6.07, 6.45) is 6.95. The van der Waals surface area contributed by atoms with Crippen molar-refractivity contribution >= 4 is 20.4 Å². The summed E-state index contributed by atoms with van der Waals surface area (Å²) in [5.74, 6) is 6.11. The molecule has 0 bridgehead atoms. The summed E-state index contributed by atoms with van der Waals surface area (Å²) in [6.45, 7) is 21.0. The van der Waals surface area contributed by atoms with Crippen LogP contribution >= 0.6 is 0 Å². The number of anilines is 1. The predicted molar refractivity (Wildman–Crippen MR) is 138 cm³/mol. The summed E-state index contributed by atoms with van der Waals surface area (Å²) < 4.78 is 21.4. The molecule has 0 saturated carbocycles. The molecule has 6 heteroatoms. The van der Waals surface area contributed by atoms with Crippen molar-refractivity contribution in [1.29, 1.82) is 0 Å². The highest BCUT2D eigenvalue weighted by atomic mass is 28.4. The van der Waals surface area contributed by atoms with E-state index in [1.807, 2.05) is 11.0 Å². The van der Waals surface area contributed by atoms with Crippen molar-refractivity contribution < 1.29 is 13.6 Å². The number of halogens is 1. The molecule has 182 valence electrons. The predicted octanol–water partition coefficient (Wildman–Crippen LogP) is 6.76. The minimum atomic E-state index is -2.02. The Kier molecular flexibility index (Phi) is 9.06.